The van der Waals surface area contributed by atoms with Gasteiger partial charge in [0, 0.05) is 25.0 Å². The summed E-state index contributed by atoms with van der Waals surface area (Å²) in [5.74, 6) is 1.53. The van der Waals surface area contributed by atoms with Crippen LogP contribution in [0.15, 0.2) is 46.9 Å². The Morgan fingerprint density at radius 1 is 1.00 bits per heavy atom. The average molecular weight is 543 g/mol. The number of rotatable bonds is 11. The molecule has 0 aromatic heterocycles. The van der Waals surface area contributed by atoms with E-state index in [4.69, 9.17) is 25.8 Å². The summed E-state index contributed by atoms with van der Waals surface area (Å²) in [6.45, 7) is 8.44. The molecule has 2 atom stereocenters. The van der Waals surface area contributed by atoms with Gasteiger partial charge >= 0.3 is 0 Å². The summed E-state index contributed by atoms with van der Waals surface area (Å²) in [4.78, 5) is 2.19. The van der Waals surface area contributed by atoms with Gasteiger partial charge < -0.3 is 24.4 Å². The van der Waals surface area contributed by atoms with Gasteiger partial charge in [-0.15, -0.1) is 11.6 Å². The van der Waals surface area contributed by atoms with E-state index in [1.165, 1.54) is 0 Å². The Labute approximate surface area is 209 Å². The fourth-order valence-electron chi connectivity index (χ4n) is 3.70. The first-order valence-electron chi connectivity index (χ1n) is 11.2. The van der Waals surface area contributed by atoms with E-state index in [1.54, 1.807) is 0 Å². The van der Waals surface area contributed by atoms with Crippen LogP contribution >= 0.6 is 27.5 Å². The maximum Gasteiger partial charge on any atom is 0.133 e. The number of aliphatic hydroxyl groups is 2. The number of ether oxygens (including phenoxy) is 3. The van der Waals surface area contributed by atoms with Crippen molar-refractivity contribution in [3.05, 3.63) is 58.1 Å². The molecular formula is C25H33BrClNO5. The summed E-state index contributed by atoms with van der Waals surface area (Å²) in [6.07, 6.45) is -1.24. The molecule has 1 aliphatic heterocycles. The first-order valence-corrected chi connectivity index (χ1v) is 12.5. The Morgan fingerprint density at radius 3 is 2.27 bits per heavy atom. The van der Waals surface area contributed by atoms with E-state index in [0.717, 1.165) is 34.4 Å². The van der Waals surface area contributed by atoms with Crippen molar-refractivity contribution in [3.63, 3.8) is 0 Å². The molecule has 0 bridgehead atoms. The predicted molar refractivity (Wildman–Crippen MR) is 134 cm³/mol. The minimum atomic E-state index is -0.698. The molecule has 0 aliphatic carbocycles. The SMILES string of the molecule is CC(C)(c1ccc(OC[C@H](O)CN2CCOCC2)cc1)c1ccc(OC[C@H](O)CCl)c(Br)c1. The van der Waals surface area contributed by atoms with Crippen molar-refractivity contribution < 1.29 is 24.4 Å². The van der Waals surface area contributed by atoms with Crippen LogP contribution in [-0.2, 0) is 10.2 Å². The molecule has 1 heterocycles. The van der Waals surface area contributed by atoms with Crippen molar-refractivity contribution in [3.8, 4) is 11.5 Å². The zero-order valence-electron chi connectivity index (χ0n) is 19.2. The van der Waals surface area contributed by atoms with Crippen LogP contribution in [0.4, 0.5) is 0 Å². The number of hydrogen-bond donors (Lipinski definition) is 2. The van der Waals surface area contributed by atoms with Gasteiger partial charge in [-0.25, -0.2) is 0 Å². The second-order valence-corrected chi connectivity index (χ2v) is 9.95. The lowest BCUT2D eigenvalue weighted by Crippen LogP contribution is -2.42. The zero-order valence-corrected chi connectivity index (χ0v) is 21.5. The number of nitrogens with zero attached hydrogens (tertiary/aromatic N) is 1. The summed E-state index contributed by atoms with van der Waals surface area (Å²) >= 11 is 9.20. The summed E-state index contributed by atoms with van der Waals surface area (Å²) in [6, 6.07) is 14.0. The Bertz CT molecular complexity index is 874. The minimum Gasteiger partial charge on any atom is -0.491 e. The minimum absolute atomic E-state index is 0.134. The Balaban J connectivity index is 1.57. The molecule has 8 heteroatoms. The van der Waals surface area contributed by atoms with Gasteiger partial charge in [0.25, 0.3) is 0 Å². The van der Waals surface area contributed by atoms with Crippen LogP contribution < -0.4 is 9.47 Å². The Hall–Kier alpha value is -1.35. The monoisotopic (exact) mass is 541 g/mol. The average Bonchev–Trinajstić information content (AvgIpc) is 2.82. The molecule has 182 valence electrons. The molecule has 0 amide bonds. The quantitative estimate of drug-likeness (QED) is 0.421. The van der Waals surface area contributed by atoms with Crippen molar-refractivity contribution in [2.45, 2.75) is 31.5 Å². The largest absolute Gasteiger partial charge is 0.491 e. The highest BCUT2D eigenvalue weighted by Crippen LogP contribution is 2.36. The maximum absolute atomic E-state index is 10.3. The molecule has 0 saturated carbocycles. The van der Waals surface area contributed by atoms with Gasteiger partial charge in [0.05, 0.1) is 23.6 Å². The molecule has 0 spiro atoms. The number of benzene rings is 2. The Kier molecular flexibility index (Phi) is 9.85. The third-order valence-electron chi connectivity index (χ3n) is 5.85. The van der Waals surface area contributed by atoms with Crippen molar-refractivity contribution in [2.24, 2.45) is 0 Å². The number of halogens is 2. The smallest absolute Gasteiger partial charge is 0.133 e. The van der Waals surface area contributed by atoms with Gasteiger partial charge in [0.1, 0.15) is 36.9 Å². The summed E-state index contributed by atoms with van der Waals surface area (Å²) in [7, 11) is 0. The first kappa shape index (κ1) is 26.3. The second-order valence-electron chi connectivity index (χ2n) is 8.79. The first-order chi connectivity index (χ1) is 15.8. The van der Waals surface area contributed by atoms with E-state index >= 15 is 0 Å². The van der Waals surface area contributed by atoms with Gasteiger partial charge in [-0.3, -0.25) is 4.90 Å². The molecule has 0 radical (unpaired) electrons. The lowest BCUT2D eigenvalue weighted by molar-refractivity contribution is 0.00465. The van der Waals surface area contributed by atoms with E-state index in [1.807, 2.05) is 30.3 Å². The lowest BCUT2D eigenvalue weighted by Gasteiger charge is -2.28. The highest BCUT2D eigenvalue weighted by molar-refractivity contribution is 9.10. The molecule has 2 aromatic carbocycles. The van der Waals surface area contributed by atoms with Crippen LogP contribution in [0.2, 0.25) is 0 Å². The van der Waals surface area contributed by atoms with Crippen LogP contribution in [0.1, 0.15) is 25.0 Å². The lowest BCUT2D eigenvalue weighted by atomic mass is 9.78. The molecule has 6 nitrogen and oxygen atoms in total. The van der Waals surface area contributed by atoms with E-state index in [9.17, 15) is 10.2 Å². The molecule has 0 unspecified atom stereocenters. The molecule has 2 N–H and O–H groups in total. The highest BCUT2D eigenvalue weighted by atomic mass is 79.9. The molecule has 1 fully saturated rings. The number of aliphatic hydroxyl groups excluding tert-OH is 2. The number of morpholine rings is 1. The molecule has 33 heavy (non-hydrogen) atoms. The highest BCUT2D eigenvalue weighted by Gasteiger charge is 2.24. The second kappa shape index (κ2) is 12.4. The summed E-state index contributed by atoms with van der Waals surface area (Å²) in [5.41, 5.74) is 2.02. The van der Waals surface area contributed by atoms with Gasteiger partial charge in [0.2, 0.25) is 0 Å². The fraction of sp³-hybridized carbons (Fsp3) is 0.520. The summed E-state index contributed by atoms with van der Waals surface area (Å²) in [5, 5.41) is 19.9. The van der Waals surface area contributed by atoms with Gasteiger partial charge in [-0.1, -0.05) is 32.0 Å². The number of β-amino-alcohol motifs (C(OH)–C–C–N with tert-alkyl or cyclic N) is 1. The van der Waals surface area contributed by atoms with Crippen LogP contribution in [0.25, 0.3) is 0 Å². The Morgan fingerprint density at radius 2 is 1.64 bits per heavy atom. The van der Waals surface area contributed by atoms with Crippen molar-refractivity contribution in [2.75, 3.05) is 51.9 Å². The van der Waals surface area contributed by atoms with Gasteiger partial charge in [0.15, 0.2) is 0 Å². The van der Waals surface area contributed by atoms with E-state index in [-0.39, 0.29) is 24.5 Å². The molecular weight excluding hydrogens is 510 g/mol. The molecule has 1 saturated heterocycles. The summed E-state index contributed by atoms with van der Waals surface area (Å²) < 4.78 is 17.6. The molecule has 2 aromatic rings. The molecule has 3 rings (SSSR count). The number of hydrogen-bond acceptors (Lipinski definition) is 6. The van der Waals surface area contributed by atoms with Crippen LogP contribution in [0, 0.1) is 0 Å². The van der Waals surface area contributed by atoms with Crippen LogP contribution in [0.3, 0.4) is 0 Å². The van der Waals surface area contributed by atoms with E-state index in [0.29, 0.717) is 25.5 Å². The van der Waals surface area contributed by atoms with Crippen LogP contribution in [-0.4, -0.2) is 79.3 Å². The van der Waals surface area contributed by atoms with E-state index in [2.05, 4.69) is 46.8 Å². The maximum atomic E-state index is 10.3. The van der Waals surface area contributed by atoms with Gasteiger partial charge in [-0.05, 0) is 51.3 Å². The zero-order chi connectivity index (χ0) is 23.8. The van der Waals surface area contributed by atoms with Crippen molar-refractivity contribution >= 4 is 27.5 Å². The number of alkyl halides is 1. The van der Waals surface area contributed by atoms with Crippen LogP contribution in [0.5, 0.6) is 11.5 Å². The third-order valence-corrected chi connectivity index (χ3v) is 6.83. The van der Waals surface area contributed by atoms with E-state index < -0.39 is 12.2 Å². The van der Waals surface area contributed by atoms with Crippen molar-refractivity contribution in [1.82, 2.24) is 4.90 Å². The molecule has 1 aliphatic rings. The third kappa shape index (κ3) is 7.57. The normalized spacial score (nSPS) is 16.9. The van der Waals surface area contributed by atoms with Crippen molar-refractivity contribution in [1.29, 1.82) is 0 Å². The van der Waals surface area contributed by atoms with Gasteiger partial charge in [-0.2, -0.15) is 0 Å². The fourth-order valence-corrected chi connectivity index (χ4v) is 4.28. The topological polar surface area (TPSA) is 71.4 Å². The predicted octanol–water partition coefficient (Wildman–Crippen LogP) is 3.83. The standard InChI is InChI=1S/C25H33BrClNO5/c1-25(2,19-5-8-24(23(26)13-19)33-16-20(29)14-27)18-3-6-22(7-4-18)32-17-21(30)15-28-9-11-31-12-10-28/h3-8,13,20-21,29-30H,9-12,14-17H2,1-2H3/t20-,21-/m1/s1.